The fourth-order valence-corrected chi connectivity index (χ4v) is 3.23. The van der Waals surface area contributed by atoms with Crippen molar-refractivity contribution in [3.05, 3.63) is 59.8 Å². The quantitative estimate of drug-likeness (QED) is 0.624. The summed E-state index contributed by atoms with van der Waals surface area (Å²) in [6, 6.07) is 13.4. The molecule has 0 unspecified atom stereocenters. The normalized spacial score (nSPS) is 14.0. The smallest absolute Gasteiger partial charge is 0.319 e. The lowest BCUT2D eigenvalue weighted by Crippen LogP contribution is -2.38. The van der Waals surface area contributed by atoms with E-state index in [4.69, 9.17) is 9.47 Å². The van der Waals surface area contributed by atoms with Gasteiger partial charge in [0.2, 0.25) is 0 Å². The lowest BCUT2D eigenvalue weighted by molar-refractivity contribution is -0.0796. The second-order valence-corrected chi connectivity index (χ2v) is 6.74. The van der Waals surface area contributed by atoms with Crippen molar-refractivity contribution in [2.24, 2.45) is 0 Å². The molecule has 3 aromatic rings. The summed E-state index contributed by atoms with van der Waals surface area (Å²) in [4.78, 5) is 15.4. The summed E-state index contributed by atoms with van der Waals surface area (Å²) in [7, 11) is 0. The molecular formula is C21H23N3O3. The van der Waals surface area contributed by atoms with E-state index in [-0.39, 0.29) is 12.1 Å². The Morgan fingerprint density at radius 2 is 2.04 bits per heavy atom. The molecule has 0 bridgehead atoms. The highest BCUT2D eigenvalue weighted by molar-refractivity contribution is 5.89. The van der Waals surface area contributed by atoms with Crippen molar-refractivity contribution in [2.75, 3.05) is 25.1 Å². The SMILES string of the molecule is Cc1cccc2[nH]cc(CCNC(=O)Nc3ccc(OC4COC4)cc3)c12. The van der Waals surface area contributed by atoms with Crippen LogP contribution in [0.25, 0.3) is 10.9 Å². The predicted molar refractivity (Wildman–Crippen MR) is 105 cm³/mol. The molecule has 1 aliphatic heterocycles. The first-order valence-electron chi connectivity index (χ1n) is 9.14. The number of amides is 2. The minimum Gasteiger partial charge on any atom is -0.486 e. The first-order chi connectivity index (χ1) is 13.2. The van der Waals surface area contributed by atoms with E-state index < -0.39 is 0 Å². The number of hydrogen-bond donors (Lipinski definition) is 3. The minimum absolute atomic E-state index is 0.139. The third-order valence-electron chi connectivity index (χ3n) is 4.70. The molecule has 0 radical (unpaired) electrons. The minimum atomic E-state index is -0.215. The van der Waals surface area contributed by atoms with Gasteiger partial charge in [-0.3, -0.25) is 0 Å². The zero-order chi connectivity index (χ0) is 18.6. The number of benzene rings is 2. The molecular weight excluding hydrogens is 342 g/mol. The molecule has 0 saturated carbocycles. The molecule has 4 rings (SSSR count). The number of carbonyl (C=O) groups is 1. The average Bonchev–Trinajstić information content (AvgIpc) is 3.04. The predicted octanol–water partition coefficient (Wildman–Crippen LogP) is 3.62. The van der Waals surface area contributed by atoms with E-state index in [1.165, 1.54) is 16.5 Å². The highest BCUT2D eigenvalue weighted by Gasteiger charge is 2.19. The molecule has 0 spiro atoms. The molecule has 2 amide bonds. The van der Waals surface area contributed by atoms with Crippen LogP contribution in [-0.4, -0.2) is 36.9 Å². The van der Waals surface area contributed by atoms with Gasteiger partial charge < -0.3 is 25.1 Å². The standard InChI is InChI=1S/C21H23N3O3/c1-14-3-2-4-19-20(14)15(11-23-19)9-10-22-21(25)24-16-5-7-17(8-6-16)27-18-12-26-13-18/h2-8,11,18,23H,9-10,12-13H2,1H3,(H2,22,24,25). The molecule has 0 aliphatic carbocycles. The summed E-state index contributed by atoms with van der Waals surface area (Å²) >= 11 is 0. The third kappa shape index (κ3) is 4.06. The number of ether oxygens (including phenoxy) is 2. The van der Waals surface area contributed by atoms with Crippen molar-refractivity contribution in [1.82, 2.24) is 10.3 Å². The second-order valence-electron chi connectivity index (χ2n) is 6.74. The number of urea groups is 1. The Hall–Kier alpha value is -2.99. The van der Waals surface area contributed by atoms with Gasteiger partial charge in [-0.2, -0.15) is 0 Å². The maximum atomic E-state index is 12.1. The zero-order valence-corrected chi connectivity index (χ0v) is 15.2. The number of carbonyl (C=O) groups excluding carboxylic acids is 1. The molecule has 140 valence electrons. The van der Waals surface area contributed by atoms with Crippen LogP contribution < -0.4 is 15.4 Å². The number of nitrogens with one attached hydrogen (secondary N) is 3. The molecule has 2 aromatic carbocycles. The van der Waals surface area contributed by atoms with Crippen LogP contribution in [0.4, 0.5) is 10.5 Å². The van der Waals surface area contributed by atoms with Gasteiger partial charge in [0.05, 0.1) is 13.2 Å². The van der Waals surface area contributed by atoms with Gasteiger partial charge in [0.15, 0.2) is 0 Å². The van der Waals surface area contributed by atoms with Crippen molar-refractivity contribution in [2.45, 2.75) is 19.4 Å². The van der Waals surface area contributed by atoms with Crippen LogP contribution >= 0.6 is 0 Å². The third-order valence-corrected chi connectivity index (χ3v) is 4.70. The van der Waals surface area contributed by atoms with Crippen molar-refractivity contribution in [3.63, 3.8) is 0 Å². The Morgan fingerprint density at radius 3 is 2.78 bits per heavy atom. The van der Waals surface area contributed by atoms with Crippen LogP contribution in [0.5, 0.6) is 5.75 Å². The lowest BCUT2D eigenvalue weighted by Gasteiger charge is -2.26. The van der Waals surface area contributed by atoms with E-state index in [1.54, 1.807) is 0 Å². The molecule has 1 aromatic heterocycles. The summed E-state index contributed by atoms with van der Waals surface area (Å²) in [5.41, 5.74) is 4.31. The van der Waals surface area contributed by atoms with Gasteiger partial charge in [0.25, 0.3) is 0 Å². The zero-order valence-electron chi connectivity index (χ0n) is 15.2. The molecule has 2 heterocycles. The van der Waals surface area contributed by atoms with Crippen molar-refractivity contribution in [1.29, 1.82) is 0 Å². The molecule has 1 fully saturated rings. The van der Waals surface area contributed by atoms with Gasteiger partial charge in [-0.15, -0.1) is 0 Å². The molecule has 1 saturated heterocycles. The molecule has 27 heavy (non-hydrogen) atoms. The number of aromatic amines is 1. The first kappa shape index (κ1) is 17.4. The highest BCUT2D eigenvalue weighted by atomic mass is 16.6. The second kappa shape index (κ2) is 7.72. The number of aryl methyl sites for hydroxylation is 1. The van der Waals surface area contributed by atoms with Crippen LogP contribution in [0, 0.1) is 6.92 Å². The van der Waals surface area contributed by atoms with Crippen LogP contribution in [0.1, 0.15) is 11.1 Å². The Bertz CT molecular complexity index is 929. The van der Waals surface area contributed by atoms with Gasteiger partial charge in [0.1, 0.15) is 11.9 Å². The molecule has 6 nitrogen and oxygen atoms in total. The van der Waals surface area contributed by atoms with Crippen molar-refractivity contribution < 1.29 is 14.3 Å². The Labute approximate surface area is 157 Å². The number of rotatable bonds is 6. The van der Waals surface area contributed by atoms with Crippen molar-refractivity contribution in [3.8, 4) is 5.75 Å². The van der Waals surface area contributed by atoms with Gasteiger partial charge >= 0.3 is 6.03 Å². The topological polar surface area (TPSA) is 75.4 Å². The lowest BCUT2D eigenvalue weighted by atomic mass is 10.1. The Morgan fingerprint density at radius 1 is 1.22 bits per heavy atom. The number of anilines is 1. The van der Waals surface area contributed by atoms with E-state index >= 15 is 0 Å². The van der Waals surface area contributed by atoms with E-state index in [9.17, 15) is 4.79 Å². The first-order valence-corrected chi connectivity index (χ1v) is 9.14. The molecule has 3 N–H and O–H groups in total. The van der Waals surface area contributed by atoms with Crippen LogP contribution in [0.15, 0.2) is 48.7 Å². The monoisotopic (exact) mass is 365 g/mol. The maximum absolute atomic E-state index is 12.1. The maximum Gasteiger partial charge on any atom is 0.319 e. The summed E-state index contributed by atoms with van der Waals surface area (Å²) in [6.45, 7) is 3.94. The van der Waals surface area contributed by atoms with Crippen molar-refractivity contribution >= 4 is 22.6 Å². The summed E-state index contributed by atoms with van der Waals surface area (Å²) in [5.74, 6) is 0.781. The number of H-pyrrole nitrogens is 1. The number of hydrogen-bond acceptors (Lipinski definition) is 3. The largest absolute Gasteiger partial charge is 0.486 e. The van der Waals surface area contributed by atoms with E-state index in [2.05, 4.69) is 34.7 Å². The van der Waals surface area contributed by atoms with E-state index in [1.807, 2.05) is 36.5 Å². The van der Waals surface area contributed by atoms with Gasteiger partial charge in [-0.25, -0.2) is 4.79 Å². The average molecular weight is 365 g/mol. The van der Waals surface area contributed by atoms with Crippen LogP contribution in [-0.2, 0) is 11.2 Å². The molecule has 0 atom stereocenters. The van der Waals surface area contributed by atoms with E-state index in [0.717, 1.165) is 23.4 Å². The fraction of sp³-hybridized carbons (Fsp3) is 0.286. The highest BCUT2D eigenvalue weighted by Crippen LogP contribution is 2.22. The summed E-state index contributed by atoms with van der Waals surface area (Å²) in [6.07, 6.45) is 2.93. The van der Waals surface area contributed by atoms with Crippen LogP contribution in [0.3, 0.4) is 0 Å². The Kier molecular flexibility index (Phi) is 4.98. The van der Waals surface area contributed by atoms with Gasteiger partial charge in [-0.1, -0.05) is 12.1 Å². The fourth-order valence-electron chi connectivity index (χ4n) is 3.23. The molecule has 1 aliphatic rings. The number of aromatic nitrogens is 1. The summed E-state index contributed by atoms with van der Waals surface area (Å²) in [5, 5.41) is 6.99. The van der Waals surface area contributed by atoms with E-state index in [0.29, 0.717) is 19.8 Å². The molecule has 6 heteroatoms. The van der Waals surface area contributed by atoms with Gasteiger partial charge in [0, 0.05) is 29.3 Å². The van der Waals surface area contributed by atoms with Gasteiger partial charge in [-0.05, 0) is 54.8 Å². The summed E-state index contributed by atoms with van der Waals surface area (Å²) < 4.78 is 10.8. The Balaban J connectivity index is 1.26. The van der Waals surface area contributed by atoms with Crippen LogP contribution in [0.2, 0.25) is 0 Å². The number of fused-ring (bicyclic) bond motifs is 1.